The van der Waals surface area contributed by atoms with Gasteiger partial charge in [-0.15, -0.1) is 11.3 Å². The topological polar surface area (TPSA) is 66.5 Å². The zero-order valence-corrected chi connectivity index (χ0v) is 15.1. The molecule has 3 amide bonds. The van der Waals surface area contributed by atoms with Crippen molar-refractivity contribution in [2.75, 3.05) is 6.54 Å². The smallest absolute Gasteiger partial charge is 0.294 e. The van der Waals surface area contributed by atoms with Crippen molar-refractivity contribution in [2.24, 2.45) is 0 Å². The number of nitrogens with zero attached hydrogens (tertiary/aromatic N) is 1. The highest BCUT2D eigenvalue weighted by molar-refractivity contribution is 8.18. The van der Waals surface area contributed by atoms with Crippen molar-refractivity contribution < 1.29 is 14.4 Å². The second-order valence-electron chi connectivity index (χ2n) is 5.48. The summed E-state index contributed by atoms with van der Waals surface area (Å²) in [5.74, 6) is -0.790. The summed E-state index contributed by atoms with van der Waals surface area (Å²) in [4.78, 5) is 38.9. The molecular weight excluding hydrogens is 356 g/mol. The zero-order chi connectivity index (χ0) is 17.8. The van der Waals surface area contributed by atoms with Gasteiger partial charge in [-0.3, -0.25) is 19.3 Å². The second-order valence-corrected chi connectivity index (χ2v) is 7.46. The Bertz CT molecular complexity index is 816. The largest absolute Gasteiger partial charge is 0.348 e. The van der Waals surface area contributed by atoms with Crippen molar-refractivity contribution in [3.63, 3.8) is 0 Å². The summed E-state index contributed by atoms with van der Waals surface area (Å²) >= 11 is 2.35. The normalized spacial score (nSPS) is 17.2. The van der Waals surface area contributed by atoms with Gasteiger partial charge in [-0.2, -0.15) is 0 Å². The molecule has 3 rings (SSSR count). The van der Waals surface area contributed by atoms with E-state index in [0.717, 1.165) is 27.1 Å². The van der Waals surface area contributed by atoms with Crippen LogP contribution in [0.1, 0.15) is 23.4 Å². The second kappa shape index (κ2) is 7.67. The highest BCUT2D eigenvalue weighted by Gasteiger charge is 2.36. The van der Waals surface area contributed by atoms with E-state index in [9.17, 15) is 14.4 Å². The minimum atomic E-state index is -0.425. The molecule has 2 aromatic rings. The molecule has 1 N–H and O–H groups in total. The Morgan fingerprint density at radius 1 is 1.20 bits per heavy atom. The average Bonchev–Trinajstić information content (AvgIpc) is 3.20. The van der Waals surface area contributed by atoms with E-state index in [1.807, 2.05) is 54.8 Å². The molecule has 25 heavy (non-hydrogen) atoms. The molecule has 1 saturated heterocycles. The molecule has 0 aliphatic carbocycles. The first-order valence-corrected chi connectivity index (χ1v) is 9.37. The molecule has 1 aromatic heterocycles. The van der Waals surface area contributed by atoms with Crippen LogP contribution in [0.5, 0.6) is 0 Å². The van der Waals surface area contributed by atoms with Gasteiger partial charge in [0.1, 0.15) is 6.54 Å². The number of hydrogen-bond acceptors (Lipinski definition) is 5. The molecule has 128 valence electrons. The van der Waals surface area contributed by atoms with Crippen LogP contribution >= 0.6 is 23.1 Å². The van der Waals surface area contributed by atoms with Crippen LogP contribution in [0, 0.1) is 0 Å². The molecule has 7 heteroatoms. The van der Waals surface area contributed by atoms with Crippen LogP contribution in [0.15, 0.2) is 52.7 Å². The summed E-state index contributed by atoms with van der Waals surface area (Å²) in [6, 6.07) is 13.1. The van der Waals surface area contributed by atoms with Crippen molar-refractivity contribution in [3.05, 3.63) is 63.2 Å². The van der Waals surface area contributed by atoms with Gasteiger partial charge in [0.05, 0.1) is 10.9 Å². The average molecular weight is 372 g/mol. The number of benzene rings is 1. The summed E-state index contributed by atoms with van der Waals surface area (Å²) in [6.45, 7) is 1.58. The fraction of sp³-hybridized carbons (Fsp3) is 0.167. The highest BCUT2D eigenvalue weighted by atomic mass is 32.2. The van der Waals surface area contributed by atoms with E-state index in [1.54, 1.807) is 6.08 Å². The van der Waals surface area contributed by atoms with Crippen LogP contribution in [-0.4, -0.2) is 28.5 Å². The van der Waals surface area contributed by atoms with Crippen LogP contribution in [0.25, 0.3) is 6.08 Å². The first-order valence-electron chi connectivity index (χ1n) is 7.68. The van der Waals surface area contributed by atoms with Crippen molar-refractivity contribution in [2.45, 2.75) is 13.0 Å². The van der Waals surface area contributed by atoms with Crippen molar-refractivity contribution in [1.82, 2.24) is 10.2 Å². The molecule has 1 fully saturated rings. The van der Waals surface area contributed by atoms with E-state index in [2.05, 4.69) is 5.32 Å². The quantitative estimate of drug-likeness (QED) is 0.814. The van der Waals surface area contributed by atoms with Gasteiger partial charge in [0.25, 0.3) is 11.1 Å². The van der Waals surface area contributed by atoms with E-state index < -0.39 is 11.1 Å². The van der Waals surface area contributed by atoms with Gasteiger partial charge in [0.15, 0.2) is 0 Å². The lowest BCUT2D eigenvalue weighted by molar-refractivity contribution is -0.129. The Labute approximate surface area is 153 Å². The van der Waals surface area contributed by atoms with Crippen LogP contribution in [-0.2, 0) is 9.59 Å². The summed E-state index contributed by atoms with van der Waals surface area (Å²) < 4.78 is 0. The molecule has 0 bridgehead atoms. The van der Waals surface area contributed by atoms with Gasteiger partial charge in [-0.1, -0.05) is 36.4 Å². The monoisotopic (exact) mass is 372 g/mol. The zero-order valence-electron chi connectivity index (χ0n) is 13.5. The van der Waals surface area contributed by atoms with Gasteiger partial charge in [0, 0.05) is 4.88 Å². The Morgan fingerprint density at radius 3 is 2.64 bits per heavy atom. The maximum atomic E-state index is 12.4. The van der Waals surface area contributed by atoms with E-state index in [1.165, 1.54) is 11.3 Å². The summed E-state index contributed by atoms with van der Waals surface area (Å²) in [6.07, 6.45) is 1.68. The number of carbonyl (C=O) groups excluding carboxylic acids is 3. The molecule has 1 aromatic carbocycles. The fourth-order valence-corrected chi connectivity index (χ4v) is 3.96. The minimum absolute atomic E-state index is 0.199. The number of rotatable bonds is 5. The molecule has 2 heterocycles. The molecule has 1 atom stereocenters. The van der Waals surface area contributed by atoms with Crippen molar-refractivity contribution in [3.8, 4) is 0 Å². The first-order chi connectivity index (χ1) is 12.0. The molecule has 1 aliphatic heterocycles. The maximum Gasteiger partial charge on any atom is 0.294 e. The summed E-state index contributed by atoms with van der Waals surface area (Å²) in [7, 11) is 0. The molecule has 0 saturated carbocycles. The predicted molar refractivity (Wildman–Crippen MR) is 100.0 cm³/mol. The number of thioether (sulfide) groups is 1. The van der Waals surface area contributed by atoms with Gasteiger partial charge in [-0.05, 0) is 41.8 Å². The molecule has 1 aliphatic rings. The number of carbonyl (C=O) groups is 3. The molecule has 5 nitrogen and oxygen atoms in total. The number of imide groups is 1. The third-order valence-electron chi connectivity index (χ3n) is 3.67. The van der Waals surface area contributed by atoms with Gasteiger partial charge in [0.2, 0.25) is 5.91 Å². The van der Waals surface area contributed by atoms with E-state index in [-0.39, 0.29) is 18.5 Å². The fourth-order valence-electron chi connectivity index (χ4n) is 2.39. The molecule has 0 radical (unpaired) electrons. The highest BCUT2D eigenvalue weighted by Crippen LogP contribution is 2.32. The Morgan fingerprint density at radius 2 is 1.96 bits per heavy atom. The van der Waals surface area contributed by atoms with Gasteiger partial charge in [-0.25, -0.2) is 0 Å². The lowest BCUT2D eigenvalue weighted by Gasteiger charge is -2.17. The molecule has 1 unspecified atom stereocenters. The number of amides is 3. The standard InChI is InChI=1S/C18H16N2O3S2/c1-12(13-6-3-2-4-7-13)19-16(21)11-20-17(22)15(25-18(20)23)10-14-8-5-9-24-14/h2-10,12H,11H2,1H3,(H,19,21)/b15-10-. The van der Waals surface area contributed by atoms with E-state index in [4.69, 9.17) is 0 Å². The third kappa shape index (κ3) is 4.18. The van der Waals surface area contributed by atoms with E-state index >= 15 is 0 Å². The number of thiophene rings is 1. The third-order valence-corrected chi connectivity index (χ3v) is 5.40. The minimum Gasteiger partial charge on any atom is -0.348 e. The Hall–Kier alpha value is -2.38. The number of nitrogens with one attached hydrogen (secondary N) is 1. The maximum absolute atomic E-state index is 12.4. The molecular formula is C18H16N2O3S2. The van der Waals surface area contributed by atoms with Crippen LogP contribution in [0.2, 0.25) is 0 Å². The van der Waals surface area contributed by atoms with Gasteiger partial charge < -0.3 is 5.32 Å². The van der Waals surface area contributed by atoms with E-state index in [0.29, 0.717) is 4.91 Å². The Balaban J connectivity index is 1.63. The van der Waals surface area contributed by atoms with Gasteiger partial charge >= 0.3 is 0 Å². The van der Waals surface area contributed by atoms with Crippen LogP contribution < -0.4 is 5.32 Å². The lowest BCUT2D eigenvalue weighted by Crippen LogP contribution is -2.40. The van der Waals surface area contributed by atoms with Crippen LogP contribution in [0.3, 0.4) is 0 Å². The summed E-state index contributed by atoms with van der Waals surface area (Å²) in [5, 5.41) is 4.29. The Kier molecular flexibility index (Phi) is 5.35. The SMILES string of the molecule is CC(NC(=O)CN1C(=O)S/C(=C\c2cccs2)C1=O)c1ccccc1. The first kappa shape index (κ1) is 17.4. The van der Waals surface area contributed by atoms with Crippen molar-refractivity contribution >= 4 is 46.2 Å². The number of hydrogen-bond donors (Lipinski definition) is 1. The van der Waals surface area contributed by atoms with Crippen molar-refractivity contribution in [1.29, 1.82) is 0 Å². The predicted octanol–water partition coefficient (Wildman–Crippen LogP) is 3.66. The van der Waals surface area contributed by atoms with Crippen LogP contribution in [0.4, 0.5) is 4.79 Å². The molecule has 0 spiro atoms. The lowest BCUT2D eigenvalue weighted by atomic mass is 10.1. The summed E-state index contributed by atoms with van der Waals surface area (Å²) in [5.41, 5.74) is 0.961.